The van der Waals surface area contributed by atoms with Crippen LogP contribution in [0, 0.1) is 0 Å². The van der Waals surface area contributed by atoms with E-state index in [1.54, 1.807) is 6.20 Å². The third-order valence-electron chi connectivity index (χ3n) is 3.45. The van der Waals surface area contributed by atoms with Gasteiger partial charge in [0.05, 0.1) is 7.11 Å². The summed E-state index contributed by atoms with van der Waals surface area (Å²) in [5.74, 6) is -0.346. The van der Waals surface area contributed by atoms with E-state index in [-0.39, 0.29) is 5.97 Å². The molecule has 20 heavy (non-hydrogen) atoms. The van der Waals surface area contributed by atoms with Crippen LogP contribution in [0.4, 0.5) is 5.69 Å². The van der Waals surface area contributed by atoms with E-state index in [0.29, 0.717) is 0 Å². The lowest BCUT2D eigenvalue weighted by Gasteiger charge is -2.30. The quantitative estimate of drug-likeness (QED) is 0.616. The van der Waals surface area contributed by atoms with Crippen LogP contribution in [-0.4, -0.2) is 13.1 Å². The topological polar surface area (TPSA) is 29.5 Å². The monoisotopic (exact) mass is 265 g/mol. The lowest BCUT2D eigenvalue weighted by atomic mass is 9.94. The van der Waals surface area contributed by atoms with E-state index >= 15 is 0 Å². The zero-order valence-corrected chi connectivity index (χ0v) is 11.2. The minimum atomic E-state index is -0.346. The summed E-state index contributed by atoms with van der Waals surface area (Å²) >= 11 is 0. The Morgan fingerprint density at radius 1 is 1.10 bits per heavy atom. The smallest absolute Gasteiger partial charge is 0.331 e. The van der Waals surface area contributed by atoms with Gasteiger partial charge in [0, 0.05) is 30.1 Å². The Balaban J connectivity index is 2.04. The van der Waals surface area contributed by atoms with Gasteiger partial charge >= 0.3 is 5.97 Å². The van der Waals surface area contributed by atoms with Crippen molar-refractivity contribution < 1.29 is 9.53 Å². The van der Waals surface area contributed by atoms with Gasteiger partial charge in [-0.3, -0.25) is 0 Å². The third-order valence-corrected chi connectivity index (χ3v) is 3.45. The Morgan fingerprint density at radius 3 is 2.60 bits per heavy atom. The van der Waals surface area contributed by atoms with Crippen molar-refractivity contribution >= 4 is 11.7 Å². The number of fused-ring (bicyclic) bond motifs is 3. The number of esters is 1. The first-order chi connectivity index (χ1) is 9.79. The molecule has 2 aromatic rings. The van der Waals surface area contributed by atoms with Crippen LogP contribution in [-0.2, 0) is 16.1 Å². The van der Waals surface area contributed by atoms with Crippen molar-refractivity contribution in [1.29, 1.82) is 0 Å². The normalized spacial score (nSPS) is 12.9. The van der Waals surface area contributed by atoms with Crippen LogP contribution in [0.5, 0.6) is 0 Å². The molecule has 0 aromatic heterocycles. The molecular weight excluding hydrogens is 250 g/mol. The molecule has 1 aliphatic rings. The van der Waals surface area contributed by atoms with Crippen LogP contribution in [0.2, 0.25) is 0 Å². The summed E-state index contributed by atoms with van der Waals surface area (Å²) in [5.41, 5.74) is 4.79. The fourth-order valence-electron chi connectivity index (χ4n) is 2.49. The molecule has 0 N–H and O–H groups in total. The second-order valence-electron chi connectivity index (χ2n) is 4.64. The van der Waals surface area contributed by atoms with Crippen LogP contribution in [0.25, 0.3) is 11.1 Å². The Morgan fingerprint density at radius 2 is 1.80 bits per heavy atom. The van der Waals surface area contributed by atoms with Gasteiger partial charge in [-0.15, -0.1) is 0 Å². The van der Waals surface area contributed by atoms with E-state index in [1.807, 2.05) is 18.2 Å². The fourth-order valence-corrected chi connectivity index (χ4v) is 2.49. The van der Waals surface area contributed by atoms with Gasteiger partial charge < -0.3 is 9.64 Å². The molecule has 0 saturated heterocycles. The molecule has 1 aliphatic heterocycles. The van der Waals surface area contributed by atoms with Crippen molar-refractivity contribution in [3.8, 4) is 11.1 Å². The number of ether oxygens (including phenoxy) is 1. The summed E-state index contributed by atoms with van der Waals surface area (Å²) in [4.78, 5) is 13.3. The number of hydrogen-bond donors (Lipinski definition) is 0. The number of nitrogens with zero attached hydrogens (tertiary/aromatic N) is 1. The highest BCUT2D eigenvalue weighted by molar-refractivity contribution is 5.86. The van der Waals surface area contributed by atoms with Crippen LogP contribution in [0.15, 0.2) is 60.8 Å². The van der Waals surface area contributed by atoms with Crippen LogP contribution < -0.4 is 4.90 Å². The molecule has 0 aliphatic carbocycles. The van der Waals surface area contributed by atoms with Crippen molar-refractivity contribution in [2.45, 2.75) is 6.54 Å². The molecule has 100 valence electrons. The molecule has 0 saturated carbocycles. The van der Waals surface area contributed by atoms with Gasteiger partial charge in [0.15, 0.2) is 0 Å². The summed E-state index contributed by atoms with van der Waals surface area (Å²) < 4.78 is 4.65. The van der Waals surface area contributed by atoms with E-state index in [1.165, 1.54) is 29.9 Å². The number of hydrogen-bond acceptors (Lipinski definition) is 3. The first-order valence-corrected chi connectivity index (χ1v) is 6.49. The number of methoxy groups -OCH3 is 1. The molecular formula is C17H15NO2. The van der Waals surface area contributed by atoms with E-state index in [2.05, 4.69) is 40.0 Å². The molecule has 2 aromatic carbocycles. The molecule has 0 spiro atoms. The van der Waals surface area contributed by atoms with Crippen molar-refractivity contribution in [3.63, 3.8) is 0 Å². The van der Waals surface area contributed by atoms with Crippen LogP contribution in [0.3, 0.4) is 0 Å². The van der Waals surface area contributed by atoms with Gasteiger partial charge in [-0.2, -0.15) is 0 Å². The highest BCUT2D eigenvalue weighted by atomic mass is 16.5. The van der Waals surface area contributed by atoms with Gasteiger partial charge in [-0.25, -0.2) is 4.79 Å². The van der Waals surface area contributed by atoms with Crippen molar-refractivity contribution in [3.05, 3.63) is 66.4 Å². The standard InChI is InChI=1S/C17H15NO2/c1-20-17(19)10-11-18-12-13-6-2-3-7-14(13)15-8-4-5-9-16(15)18/h2-11H,12H2,1H3/b11-10+. The second-order valence-corrected chi connectivity index (χ2v) is 4.64. The molecule has 0 fully saturated rings. The number of anilines is 1. The lowest BCUT2D eigenvalue weighted by molar-refractivity contribution is -0.134. The van der Waals surface area contributed by atoms with Gasteiger partial charge in [-0.05, 0) is 17.2 Å². The number of carbonyl (C=O) groups is 1. The van der Waals surface area contributed by atoms with Crippen molar-refractivity contribution in [2.24, 2.45) is 0 Å². The molecule has 0 unspecified atom stereocenters. The zero-order valence-electron chi connectivity index (χ0n) is 11.2. The molecule has 3 nitrogen and oxygen atoms in total. The highest BCUT2D eigenvalue weighted by Gasteiger charge is 2.19. The fraction of sp³-hybridized carbons (Fsp3) is 0.118. The SMILES string of the molecule is COC(=O)/C=C/N1Cc2ccccc2-c2ccccc21. The summed E-state index contributed by atoms with van der Waals surface area (Å²) in [6.07, 6.45) is 3.23. The van der Waals surface area contributed by atoms with Gasteiger partial charge in [0.2, 0.25) is 0 Å². The summed E-state index contributed by atoms with van der Waals surface area (Å²) in [6, 6.07) is 16.5. The molecule has 3 rings (SSSR count). The average molecular weight is 265 g/mol. The van der Waals surface area contributed by atoms with Gasteiger partial charge in [-0.1, -0.05) is 42.5 Å². The maximum atomic E-state index is 11.3. The summed E-state index contributed by atoms with van der Waals surface area (Å²) in [5, 5.41) is 0. The third kappa shape index (κ3) is 2.18. The predicted octanol–water partition coefficient (Wildman–Crippen LogP) is 3.36. The van der Waals surface area contributed by atoms with Crippen LogP contribution in [0.1, 0.15) is 5.56 Å². The van der Waals surface area contributed by atoms with Crippen molar-refractivity contribution in [1.82, 2.24) is 0 Å². The lowest BCUT2D eigenvalue weighted by Crippen LogP contribution is -2.21. The molecule has 3 heteroatoms. The van der Waals surface area contributed by atoms with E-state index in [0.717, 1.165) is 12.2 Å². The van der Waals surface area contributed by atoms with Crippen molar-refractivity contribution in [2.75, 3.05) is 12.0 Å². The second kappa shape index (κ2) is 5.21. The Labute approximate surface area is 118 Å². The maximum Gasteiger partial charge on any atom is 0.331 e. The molecule has 0 atom stereocenters. The zero-order chi connectivity index (χ0) is 13.9. The number of benzene rings is 2. The highest BCUT2D eigenvalue weighted by Crippen LogP contribution is 2.38. The minimum Gasteiger partial charge on any atom is -0.466 e. The first-order valence-electron chi connectivity index (χ1n) is 6.49. The first kappa shape index (κ1) is 12.5. The van der Waals surface area contributed by atoms with E-state index in [4.69, 9.17) is 0 Å². The minimum absolute atomic E-state index is 0.346. The Hall–Kier alpha value is -2.55. The maximum absolute atomic E-state index is 11.3. The van der Waals surface area contributed by atoms with E-state index in [9.17, 15) is 4.79 Å². The molecule has 0 radical (unpaired) electrons. The van der Waals surface area contributed by atoms with E-state index < -0.39 is 0 Å². The number of rotatable bonds is 2. The average Bonchev–Trinajstić information content (AvgIpc) is 2.52. The summed E-state index contributed by atoms with van der Waals surface area (Å²) in [7, 11) is 1.38. The Kier molecular flexibility index (Phi) is 3.25. The Bertz CT molecular complexity index is 676. The number of para-hydroxylation sites is 1. The largest absolute Gasteiger partial charge is 0.466 e. The predicted molar refractivity (Wildman–Crippen MR) is 79.2 cm³/mol. The summed E-state index contributed by atoms with van der Waals surface area (Å²) in [6.45, 7) is 0.751. The number of carbonyl (C=O) groups excluding carboxylic acids is 1. The van der Waals surface area contributed by atoms with Crippen LogP contribution >= 0.6 is 0 Å². The van der Waals surface area contributed by atoms with Gasteiger partial charge in [0.1, 0.15) is 0 Å². The molecule has 1 heterocycles. The van der Waals surface area contributed by atoms with Gasteiger partial charge in [0.25, 0.3) is 0 Å². The molecule has 0 amide bonds. The molecule has 0 bridgehead atoms.